The Kier molecular flexibility index (Phi) is 2.07. The zero-order chi connectivity index (χ0) is 8.55. The predicted molar refractivity (Wildman–Crippen MR) is 49.4 cm³/mol. The minimum absolute atomic E-state index is 0.0903. The van der Waals surface area contributed by atoms with Crippen LogP contribution in [0.1, 0.15) is 23.1 Å². The Morgan fingerprint density at radius 3 is 2.92 bits per heavy atom. The van der Waals surface area contributed by atoms with Crippen LogP contribution in [0.2, 0.25) is 5.02 Å². The van der Waals surface area contributed by atoms with E-state index in [0.29, 0.717) is 0 Å². The number of rotatable bonds is 1. The van der Waals surface area contributed by atoms with Crippen molar-refractivity contribution in [3.8, 4) is 0 Å². The molecule has 0 unspecified atom stereocenters. The van der Waals surface area contributed by atoms with E-state index in [1.54, 1.807) is 0 Å². The van der Waals surface area contributed by atoms with Gasteiger partial charge in [-0.05, 0) is 42.0 Å². The fourth-order valence-electron chi connectivity index (χ4n) is 1.81. The monoisotopic (exact) mass is 182 g/mol. The van der Waals surface area contributed by atoms with Crippen LogP contribution in [0.5, 0.6) is 0 Å². The van der Waals surface area contributed by atoms with Gasteiger partial charge >= 0.3 is 0 Å². The molecule has 0 aromatic heterocycles. The van der Waals surface area contributed by atoms with Crippen LogP contribution in [0.25, 0.3) is 0 Å². The van der Waals surface area contributed by atoms with E-state index in [1.165, 1.54) is 17.5 Å². The van der Waals surface area contributed by atoms with Crippen LogP contribution in [-0.4, -0.2) is 5.11 Å². The molecular formula is C10H11ClO. The molecule has 0 spiro atoms. The lowest BCUT2D eigenvalue weighted by Crippen LogP contribution is -1.89. The third-order valence-electron chi connectivity index (χ3n) is 2.40. The van der Waals surface area contributed by atoms with Crippen LogP contribution in [0.15, 0.2) is 12.1 Å². The van der Waals surface area contributed by atoms with Gasteiger partial charge in [-0.15, -0.1) is 0 Å². The molecule has 2 heteroatoms. The van der Waals surface area contributed by atoms with Crippen LogP contribution in [-0.2, 0) is 19.4 Å². The summed E-state index contributed by atoms with van der Waals surface area (Å²) in [7, 11) is 0. The van der Waals surface area contributed by atoms with Gasteiger partial charge in [-0.3, -0.25) is 0 Å². The Labute approximate surface area is 77.0 Å². The fraction of sp³-hybridized carbons (Fsp3) is 0.400. The molecule has 0 saturated heterocycles. The summed E-state index contributed by atoms with van der Waals surface area (Å²) in [5.41, 5.74) is 3.54. The van der Waals surface area contributed by atoms with E-state index >= 15 is 0 Å². The molecule has 12 heavy (non-hydrogen) atoms. The average Bonchev–Trinajstić information content (AvgIpc) is 2.52. The number of hydrogen-bond acceptors (Lipinski definition) is 1. The van der Waals surface area contributed by atoms with Gasteiger partial charge in [-0.25, -0.2) is 0 Å². The van der Waals surface area contributed by atoms with Crippen LogP contribution in [0.3, 0.4) is 0 Å². The normalized spacial score (nSPS) is 14.8. The molecule has 0 saturated carbocycles. The van der Waals surface area contributed by atoms with Gasteiger partial charge in [0.1, 0.15) is 0 Å². The van der Waals surface area contributed by atoms with Crippen LogP contribution in [0, 0.1) is 0 Å². The van der Waals surface area contributed by atoms with Gasteiger partial charge in [0.2, 0.25) is 0 Å². The highest BCUT2D eigenvalue weighted by Crippen LogP contribution is 2.30. The zero-order valence-corrected chi connectivity index (χ0v) is 7.56. The number of benzene rings is 1. The summed E-state index contributed by atoms with van der Waals surface area (Å²) in [6.45, 7) is 0.0903. The Morgan fingerprint density at radius 2 is 2.17 bits per heavy atom. The molecule has 1 N–H and O–H groups in total. The summed E-state index contributed by atoms with van der Waals surface area (Å²) in [6, 6.07) is 3.93. The van der Waals surface area contributed by atoms with E-state index in [2.05, 4.69) is 6.07 Å². The second-order valence-electron chi connectivity index (χ2n) is 3.23. The number of aryl methyl sites for hydroxylation is 1. The van der Waals surface area contributed by atoms with E-state index in [1.807, 2.05) is 6.07 Å². The van der Waals surface area contributed by atoms with Gasteiger partial charge in [0.15, 0.2) is 0 Å². The highest BCUT2D eigenvalue weighted by atomic mass is 35.5. The van der Waals surface area contributed by atoms with Crippen molar-refractivity contribution in [2.45, 2.75) is 25.9 Å². The van der Waals surface area contributed by atoms with E-state index < -0.39 is 0 Å². The molecule has 1 aliphatic carbocycles. The number of aliphatic hydroxyl groups excluding tert-OH is 1. The SMILES string of the molecule is OCc1cc(Cl)c2c(c1)CCC2. The number of fused-ring (bicyclic) bond motifs is 1. The molecule has 1 aromatic rings. The second kappa shape index (κ2) is 3.08. The van der Waals surface area contributed by atoms with Gasteiger partial charge in [0.05, 0.1) is 6.61 Å². The summed E-state index contributed by atoms with van der Waals surface area (Å²) >= 11 is 6.04. The molecule has 0 bridgehead atoms. The highest BCUT2D eigenvalue weighted by molar-refractivity contribution is 6.31. The summed E-state index contributed by atoms with van der Waals surface area (Å²) in [6.07, 6.45) is 3.41. The van der Waals surface area contributed by atoms with Crippen molar-refractivity contribution >= 4 is 11.6 Å². The lowest BCUT2D eigenvalue weighted by molar-refractivity contribution is 0.282. The first-order valence-corrected chi connectivity index (χ1v) is 4.60. The largest absolute Gasteiger partial charge is 0.392 e. The van der Waals surface area contributed by atoms with E-state index in [-0.39, 0.29) is 6.61 Å². The molecule has 1 nitrogen and oxygen atoms in total. The van der Waals surface area contributed by atoms with Crippen molar-refractivity contribution in [2.75, 3.05) is 0 Å². The first kappa shape index (κ1) is 8.09. The van der Waals surface area contributed by atoms with Gasteiger partial charge in [0, 0.05) is 5.02 Å². The van der Waals surface area contributed by atoms with Crippen molar-refractivity contribution in [1.29, 1.82) is 0 Å². The predicted octanol–water partition coefficient (Wildman–Crippen LogP) is 2.32. The molecule has 0 atom stereocenters. The first-order valence-electron chi connectivity index (χ1n) is 4.22. The number of aliphatic hydroxyl groups is 1. The number of hydrogen-bond donors (Lipinski definition) is 1. The third kappa shape index (κ3) is 1.23. The molecule has 2 rings (SSSR count). The van der Waals surface area contributed by atoms with Crippen molar-refractivity contribution in [1.82, 2.24) is 0 Å². The molecule has 1 aromatic carbocycles. The maximum atomic E-state index is 8.93. The summed E-state index contributed by atoms with van der Waals surface area (Å²) < 4.78 is 0. The number of halogens is 1. The molecule has 1 aliphatic rings. The average molecular weight is 183 g/mol. The smallest absolute Gasteiger partial charge is 0.0682 e. The Hall–Kier alpha value is -0.530. The van der Waals surface area contributed by atoms with Gasteiger partial charge in [-0.1, -0.05) is 17.7 Å². The molecule has 0 amide bonds. The van der Waals surface area contributed by atoms with Crippen molar-refractivity contribution in [3.05, 3.63) is 33.8 Å². The van der Waals surface area contributed by atoms with Crippen LogP contribution >= 0.6 is 11.6 Å². The molecule has 64 valence electrons. The Morgan fingerprint density at radius 1 is 1.33 bits per heavy atom. The molecule has 0 heterocycles. The zero-order valence-electron chi connectivity index (χ0n) is 6.81. The Balaban J connectivity index is 2.51. The highest BCUT2D eigenvalue weighted by Gasteiger charge is 2.14. The molecule has 0 fully saturated rings. The van der Waals surface area contributed by atoms with Gasteiger partial charge in [0.25, 0.3) is 0 Å². The standard InChI is InChI=1S/C10H11ClO/c11-10-5-7(6-12)4-8-2-1-3-9(8)10/h4-5,12H,1-3,6H2. The summed E-state index contributed by atoms with van der Waals surface area (Å²) in [4.78, 5) is 0. The van der Waals surface area contributed by atoms with Crippen LogP contribution in [0.4, 0.5) is 0 Å². The lowest BCUT2D eigenvalue weighted by Gasteiger charge is -2.04. The van der Waals surface area contributed by atoms with E-state index in [9.17, 15) is 0 Å². The minimum atomic E-state index is 0.0903. The first-order chi connectivity index (χ1) is 5.81. The van der Waals surface area contributed by atoms with Gasteiger partial charge < -0.3 is 5.11 Å². The quantitative estimate of drug-likeness (QED) is 0.707. The lowest BCUT2D eigenvalue weighted by atomic mass is 10.1. The summed E-state index contributed by atoms with van der Waals surface area (Å²) in [5, 5.41) is 9.76. The van der Waals surface area contributed by atoms with Crippen LogP contribution < -0.4 is 0 Å². The topological polar surface area (TPSA) is 20.2 Å². The van der Waals surface area contributed by atoms with E-state index in [0.717, 1.165) is 23.4 Å². The Bertz CT molecular complexity index is 307. The van der Waals surface area contributed by atoms with Crippen molar-refractivity contribution in [3.63, 3.8) is 0 Å². The summed E-state index contributed by atoms with van der Waals surface area (Å²) in [5.74, 6) is 0. The molecular weight excluding hydrogens is 172 g/mol. The second-order valence-corrected chi connectivity index (χ2v) is 3.63. The minimum Gasteiger partial charge on any atom is -0.392 e. The molecule has 0 aliphatic heterocycles. The third-order valence-corrected chi connectivity index (χ3v) is 2.74. The molecule has 0 radical (unpaired) electrons. The van der Waals surface area contributed by atoms with Crippen molar-refractivity contribution < 1.29 is 5.11 Å². The van der Waals surface area contributed by atoms with Gasteiger partial charge in [-0.2, -0.15) is 0 Å². The fourth-order valence-corrected chi connectivity index (χ4v) is 2.16. The van der Waals surface area contributed by atoms with E-state index in [4.69, 9.17) is 16.7 Å². The maximum absolute atomic E-state index is 8.93. The van der Waals surface area contributed by atoms with Crippen molar-refractivity contribution in [2.24, 2.45) is 0 Å². The maximum Gasteiger partial charge on any atom is 0.0682 e.